The number of unbranched alkanes of at least 4 members (excludes halogenated alkanes) is 2. The first-order valence-corrected chi connectivity index (χ1v) is 7.70. The molecule has 0 bridgehead atoms. The molecule has 0 amide bonds. The molecule has 0 aromatic carbocycles. The smallest absolute Gasteiger partial charge is 0.305 e. The van der Waals surface area contributed by atoms with Crippen LogP contribution in [0.5, 0.6) is 5.75 Å². The van der Waals surface area contributed by atoms with Crippen molar-refractivity contribution < 1.29 is 14.3 Å². The molecule has 0 unspecified atom stereocenters. The zero-order chi connectivity index (χ0) is 15.3. The van der Waals surface area contributed by atoms with Gasteiger partial charge in [-0.15, -0.1) is 0 Å². The highest BCUT2D eigenvalue weighted by atomic mass is 16.5. The van der Waals surface area contributed by atoms with E-state index in [9.17, 15) is 4.79 Å². The maximum absolute atomic E-state index is 11.1. The maximum atomic E-state index is 11.1. The number of esters is 1. The lowest BCUT2D eigenvalue weighted by Gasteiger charge is -2.07. The summed E-state index contributed by atoms with van der Waals surface area (Å²) in [5, 5.41) is 3.23. The van der Waals surface area contributed by atoms with E-state index in [1.807, 2.05) is 19.1 Å². The molecule has 1 N–H and O–H groups in total. The molecule has 0 atom stereocenters. The van der Waals surface area contributed by atoms with Crippen molar-refractivity contribution in [3.63, 3.8) is 0 Å². The fourth-order valence-corrected chi connectivity index (χ4v) is 1.83. The number of rotatable bonds is 11. The molecule has 21 heavy (non-hydrogen) atoms. The van der Waals surface area contributed by atoms with Crippen molar-refractivity contribution >= 4 is 5.97 Å². The Morgan fingerprint density at radius 2 is 2.10 bits per heavy atom. The first-order valence-electron chi connectivity index (χ1n) is 7.70. The van der Waals surface area contributed by atoms with E-state index in [1.165, 1.54) is 0 Å². The molecular formula is C16H26N2O3. The Hall–Kier alpha value is -1.62. The number of carbonyl (C=O) groups excluding carboxylic acids is 1. The van der Waals surface area contributed by atoms with Gasteiger partial charge in [-0.25, -0.2) is 0 Å². The predicted octanol–water partition coefficient (Wildman–Crippen LogP) is 2.69. The van der Waals surface area contributed by atoms with Crippen LogP contribution in [0, 0.1) is 0 Å². The highest BCUT2D eigenvalue weighted by molar-refractivity contribution is 5.69. The second-order valence-corrected chi connectivity index (χ2v) is 4.73. The SMILES string of the molecule is CCNCc1ccc(OCCCCCC(=O)OCC)cn1. The molecule has 1 rings (SSSR count). The summed E-state index contributed by atoms with van der Waals surface area (Å²) in [6.07, 6.45) is 4.99. The van der Waals surface area contributed by atoms with Gasteiger partial charge in [-0.05, 0) is 44.9 Å². The second kappa shape index (κ2) is 11.1. The van der Waals surface area contributed by atoms with Crippen molar-refractivity contribution in [2.45, 2.75) is 46.1 Å². The van der Waals surface area contributed by atoms with Gasteiger partial charge < -0.3 is 14.8 Å². The van der Waals surface area contributed by atoms with E-state index < -0.39 is 0 Å². The molecule has 0 saturated carbocycles. The van der Waals surface area contributed by atoms with Crippen LogP contribution in [0.3, 0.4) is 0 Å². The molecule has 0 aliphatic heterocycles. The van der Waals surface area contributed by atoms with E-state index >= 15 is 0 Å². The highest BCUT2D eigenvalue weighted by Crippen LogP contribution is 2.10. The van der Waals surface area contributed by atoms with E-state index in [2.05, 4.69) is 17.2 Å². The summed E-state index contributed by atoms with van der Waals surface area (Å²) in [5.41, 5.74) is 1.01. The van der Waals surface area contributed by atoms with Crippen molar-refractivity contribution in [1.29, 1.82) is 0 Å². The third-order valence-electron chi connectivity index (χ3n) is 2.95. The van der Waals surface area contributed by atoms with Gasteiger partial charge >= 0.3 is 5.97 Å². The Balaban J connectivity index is 2.08. The molecule has 5 nitrogen and oxygen atoms in total. The van der Waals surface area contributed by atoms with Gasteiger partial charge in [0.25, 0.3) is 0 Å². The maximum Gasteiger partial charge on any atom is 0.305 e. The van der Waals surface area contributed by atoms with Gasteiger partial charge in [-0.2, -0.15) is 0 Å². The standard InChI is InChI=1S/C16H26N2O3/c1-3-17-12-14-9-10-15(13-18-14)21-11-7-5-6-8-16(19)20-4-2/h9-10,13,17H,3-8,11-12H2,1-2H3. The number of hydrogen-bond donors (Lipinski definition) is 1. The van der Waals surface area contributed by atoms with Gasteiger partial charge in [0.1, 0.15) is 5.75 Å². The van der Waals surface area contributed by atoms with Crippen LogP contribution < -0.4 is 10.1 Å². The summed E-state index contributed by atoms with van der Waals surface area (Å²) in [6.45, 7) is 6.72. The van der Waals surface area contributed by atoms with Crippen LogP contribution in [0.4, 0.5) is 0 Å². The van der Waals surface area contributed by atoms with E-state index in [0.29, 0.717) is 19.6 Å². The van der Waals surface area contributed by atoms with Crippen molar-refractivity contribution in [1.82, 2.24) is 10.3 Å². The van der Waals surface area contributed by atoms with Gasteiger partial charge in [0.2, 0.25) is 0 Å². The Labute approximate surface area is 127 Å². The molecule has 118 valence electrons. The fourth-order valence-electron chi connectivity index (χ4n) is 1.83. The van der Waals surface area contributed by atoms with Crippen LogP contribution in [0.2, 0.25) is 0 Å². The van der Waals surface area contributed by atoms with Crippen LogP contribution in [0.1, 0.15) is 45.2 Å². The number of pyridine rings is 1. The molecule has 0 aliphatic carbocycles. The quantitative estimate of drug-likeness (QED) is 0.502. The minimum atomic E-state index is -0.112. The van der Waals surface area contributed by atoms with Crippen LogP contribution in [0.15, 0.2) is 18.3 Å². The highest BCUT2D eigenvalue weighted by Gasteiger charge is 2.01. The Bertz CT molecular complexity index is 393. The number of aromatic nitrogens is 1. The molecule has 0 saturated heterocycles. The first kappa shape index (κ1) is 17.4. The van der Waals surface area contributed by atoms with Gasteiger partial charge in [0.15, 0.2) is 0 Å². The number of nitrogens with zero attached hydrogens (tertiary/aromatic N) is 1. The minimum absolute atomic E-state index is 0.112. The summed E-state index contributed by atoms with van der Waals surface area (Å²) >= 11 is 0. The van der Waals surface area contributed by atoms with Gasteiger partial charge in [-0.3, -0.25) is 9.78 Å². The number of hydrogen-bond acceptors (Lipinski definition) is 5. The van der Waals surface area contributed by atoms with Crippen LogP contribution in [-0.4, -0.2) is 30.7 Å². The molecule has 5 heteroatoms. The molecule has 0 spiro atoms. The topological polar surface area (TPSA) is 60.5 Å². The Morgan fingerprint density at radius 1 is 1.24 bits per heavy atom. The molecule has 1 heterocycles. The molecule has 0 radical (unpaired) electrons. The van der Waals surface area contributed by atoms with Crippen molar-refractivity contribution in [3.8, 4) is 5.75 Å². The van der Waals surface area contributed by atoms with Crippen LogP contribution in [-0.2, 0) is 16.1 Å². The van der Waals surface area contributed by atoms with E-state index in [1.54, 1.807) is 6.20 Å². The third kappa shape index (κ3) is 8.30. The first-order chi connectivity index (χ1) is 10.3. The van der Waals surface area contributed by atoms with Crippen molar-refractivity contribution in [2.75, 3.05) is 19.8 Å². The lowest BCUT2D eigenvalue weighted by Crippen LogP contribution is -2.12. The summed E-state index contributed by atoms with van der Waals surface area (Å²) in [6, 6.07) is 3.91. The van der Waals surface area contributed by atoms with Gasteiger partial charge in [0, 0.05) is 13.0 Å². The number of ether oxygens (including phenoxy) is 2. The molecule has 1 aromatic rings. The summed E-state index contributed by atoms with van der Waals surface area (Å²) in [7, 11) is 0. The largest absolute Gasteiger partial charge is 0.492 e. The summed E-state index contributed by atoms with van der Waals surface area (Å²) < 4.78 is 10.5. The number of nitrogens with one attached hydrogen (secondary N) is 1. The second-order valence-electron chi connectivity index (χ2n) is 4.73. The third-order valence-corrected chi connectivity index (χ3v) is 2.95. The fraction of sp³-hybridized carbons (Fsp3) is 0.625. The molecule has 0 aliphatic rings. The van der Waals surface area contributed by atoms with E-state index in [4.69, 9.17) is 9.47 Å². The molecule has 0 fully saturated rings. The minimum Gasteiger partial charge on any atom is -0.492 e. The zero-order valence-electron chi connectivity index (χ0n) is 13.1. The van der Waals surface area contributed by atoms with Gasteiger partial charge in [-0.1, -0.05) is 6.92 Å². The summed E-state index contributed by atoms with van der Waals surface area (Å²) in [5.74, 6) is 0.680. The van der Waals surface area contributed by atoms with Crippen molar-refractivity contribution in [3.05, 3.63) is 24.0 Å². The average molecular weight is 294 g/mol. The molecule has 1 aromatic heterocycles. The lowest BCUT2D eigenvalue weighted by atomic mass is 10.2. The average Bonchev–Trinajstić information content (AvgIpc) is 2.50. The van der Waals surface area contributed by atoms with E-state index in [0.717, 1.165) is 43.8 Å². The zero-order valence-corrected chi connectivity index (χ0v) is 13.1. The van der Waals surface area contributed by atoms with E-state index in [-0.39, 0.29) is 5.97 Å². The number of carbonyl (C=O) groups is 1. The Morgan fingerprint density at radius 3 is 2.76 bits per heavy atom. The normalized spacial score (nSPS) is 10.4. The van der Waals surface area contributed by atoms with Crippen molar-refractivity contribution in [2.24, 2.45) is 0 Å². The van der Waals surface area contributed by atoms with Crippen LogP contribution >= 0.6 is 0 Å². The summed E-state index contributed by atoms with van der Waals surface area (Å²) in [4.78, 5) is 15.5. The molecular weight excluding hydrogens is 268 g/mol. The Kier molecular flexibility index (Phi) is 9.20. The lowest BCUT2D eigenvalue weighted by molar-refractivity contribution is -0.143. The predicted molar refractivity (Wildman–Crippen MR) is 82.2 cm³/mol. The monoisotopic (exact) mass is 294 g/mol. The van der Waals surface area contributed by atoms with Crippen LogP contribution in [0.25, 0.3) is 0 Å². The van der Waals surface area contributed by atoms with Gasteiger partial charge in [0.05, 0.1) is 25.1 Å².